The lowest BCUT2D eigenvalue weighted by Gasteiger charge is -2.34. The number of benzene rings is 1. The molecule has 162 valence electrons. The van der Waals surface area contributed by atoms with Gasteiger partial charge in [0.25, 0.3) is 0 Å². The Morgan fingerprint density at radius 3 is 2.31 bits per heavy atom. The molecule has 5 nitrogen and oxygen atoms in total. The van der Waals surface area contributed by atoms with E-state index in [1.54, 1.807) is 4.90 Å². The van der Waals surface area contributed by atoms with E-state index < -0.39 is 14.6 Å². The number of hydrogen-bond acceptors (Lipinski definition) is 4. The lowest BCUT2D eigenvalue weighted by atomic mass is 9.79. The molecule has 0 N–H and O–H groups in total. The van der Waals surface area contributed by atoms with Gasteiger partial charge in [0.2, 0.25) is 9.04 Å². The molecule has 1 atom stereocenters. The third kappa shape index (κ3) is 6.33. The predicted octanol–water partition coefficient (Wildman–Crippen LogP) is 5.18. The minimum Gasteiger partial charge on any atom is -0.547 e. The molecule has 1 heterocycles. The number of likely N-dealkylation sites (tertiary alicyclic amines) is 1. The van der Waals surface area contributed by atoms with E-state index in [0.717, 1.165) is 29.7 Å². The lowest BCUT2D eigenvalue weighted by Crippen LogP contribution is -2.44. The number of carbonyl (C=O) groups excluding carboxylic acids is 2. The number of amides is 1. The van der Waals surface area contributed by atoms with Crippen LogP contribution in [0, 0.1) is 5.92 Å². The van der Waals surface area contributed by atoms with Crippen LogP contribution in [-0.4, -0.2) is 44.5 Å². The highest BCUT2D eigenvalue weighted by Crippen LogP contribution is 2.37. The van der Waals surface area contributed by atoms with Gasteiger partial charge < -0.3 is 14.1 Å². The number of Topliss-reactive ketones (excluding diaryl/α,β-unsaturated/α-hetero) is 1. The summed E-state index contributed by atoms with van der Waals surface area (Å²) >= 11 is 0. The molecule has 0 aliphatic carbocycles. The van der Waals surface area contributed by atoms with Crippen LogP contribution in [0.5, 0.6) is 5.75 Å². The number of carbonyl (C=O) groups is 2. The molecular weight excluding hydrogens is 382 g/mol. The first kappa shape index (κ1) is 23.5. The third-order valence-electron chi connectivity index (χ3n) is 4.85. The molecule has 1 saturated heterocycles. The van der Waals surface area contributed by atoms with Gasteiger partial charge in [0.15, 0.2) is 5.78 Å². The molecule has 0 unspecified atom stereocenters. The van der Waals surface area contributed by atoms with Crippen molar-refractivity contribution in [2.75, 3.05) is 13.1 Å². The van der Waals surface area contributed by atoms with Crippen LogP contribution in [0.4, 0.5) is 4.79 Å². The van der Waals surface area contributed by atoms with Crippen LogP contribution in [0.1, 0.15) is 70.3 Å². The van der Waals surface area contributed by atoms with Crippen molar-refractivity contribution in [3.63, 3.8) is 0 Å². The largest absolute Gasteiger partial charge is 0.547 e. The van der Waals surface area contributed by atoms with E-state index in [-0.39, 0.29) is 23.2 Å². The first-order valence-corrected chi connectivity index (χ1v) is 13.4. The van der Waals surface area contributed by atoms with E-state index in [1.807, 2.05) is 39.0 Å². The maximum absolute atomic E-state index is 13.5. The Bertz CT molecular complexity index is 746. The molecule has 0 radical (unpaired) electrons. The first-order valence-electron chi connectivity index (χ1n) is 10.6. The standard InChI is InChI=1S/C23H37NO4Si/c1-22(2,3)19-17(12-9-13-18(19)28-29(7)8)20(25)16-11-10-14-24(15-16)21(26)27-23(4,5)6/h9,12-13,16,29H,10-11,14-15H2,1-8H3/t16-/m1/s1. The Hall–Kier alpha value is -1.82. The molecule has 6 heteroatoms. The van der Waals surface area contributed by atoms with Crippen LogP contribution in [0.2, 0.25) is 13.1 Å². The summed E-state index contributed by atoms with van der Waals surface area (Å²) < 4.78 is 11.7. The molecule has 1 amide bonds. The second-order valence-corrected chi connectivity index (χ2v) is 12.6. The average molecular weight is 420 g/mol. The van der Waals surface area contributed by atoms with Gasteiger partial charge in [-0.25, -0.2) is 4.79 Å². The molecule has 1 aromatic rings. The molecule has 1 aliphatic heterocycles. The number of hydrogen-bond donors (Lipinski definition) is 0. The first-order chi connectivity index (χ1) is 13.3. The molecule has 1 fully saturated rings. The molecule has 0 saturated carbocycles. The molecule has 1 aliphatic rings. The minimum absolute atomic E-state index is 0.0963. The van der Waals surface area contributed by atoms with Crippen molar-refractivity contribution in [1.82, 2.24) is 4.90 Å². The fourth-order valence-electron chi connectivity index (χ4n) is 3.77. The summed E-state index contributed by atoms with van der Waals surface area (Å²) in [5.74, 6) is 0.702. The van der Waals surface area contributed by atoms with Gasteiger partial charge in [0.05, 0.1) is 0 Å². The number of rotatable bonds is 4. The lowest BCUT2D eigenvalue weighted by molar-refractivity contribution is 0.0171. The van der Waals surface area contributed by atoms with Crippen LogP contribution in [-0.2, 0) is 10.2 Å². The summed E-state index contributed by atoms with van der Waals surface area (Å²) in [6.45, 7) is 17.2. The average Bonchev–Trinajstić information content (AvgIpc) is 2.58. The van der Waals surface area contributed by atoms with Crippen LogP contribution >= 0.6 is 0 Å². The summed E-state index contributed by atoms with van der Waals surface area (Å²) in [6, 6.07) is 5.78. The molecule has 0 aromatic heterocycles. The number of ether oxygens (including phenoxy) is 1. The Kier molecular flexibility index (Phi) is 7.20. The Morgan fingerprint density at radius 2 is 1.76 bits per heavy atom. The summed E-state index contributed by atoms with van der Waals surface area (Å²) in [5.41, 5.74) is 0.936. The second kappa shape index (κ2) is 8.90. The highest BCUT2D eigenvalue weighted by atomic mass is 28.3. The zero-order valence-corrected chi connectivity index (χ0v) is 20.5. The maximum atomic E-state index is 13.5. The maximum Gasteiger partial charge on any atom is 0.410 e. The third-order valence-corrected chi connectivity index (χ3v) is 5.57. The summed E-state index contributed by atoms with van der Waals surface area (Å²) in [6.07, 6.45) is 1.25. The van der Waals surface area contributed by atoms with E-state index in [0.29, 0.717) is 13.1 Å². The van der Waals surface area contributed by atoms with Gasteiger partial charge >= 0.3 is 6.09 Å². The van der Waals surface area contributed by atoms with Gasteiger partial charge in [-0.3, -0.25) is 4.79 Å². The Balaban J connectivity index is 2.30. The van der Waals surface area contributed by atoms with Gasteiger partial charge in [-0.15, -0.1) is 0 Å². The fourth-order valence-corrected chi connectivity index (χ4v) is 4.47. The summed E-state index contributed by atoms with van der Waals surface area (Å²) in [7, 11) is -1.31. The zero-order chi connectivity index (χ0) is 22.0. The van der Waals surface area contributed by atoms with E-state index >= 15 is 0 Å². The van der Waals surface area contributed by atoms with Crippen LogP contribution in [0.3, 0.4) is 0 Å². The van der Waals surface area contributed by atoms with Crippen LogP contribution in [0.25, 0.3) is 0 Å². The number of nitrogens with zero attached hydrogens (tertiary/aromatic N) is 1. The Morgan fingerprint density at radius 1 is 1.10 bits per heavy atom. The van der Waals surface area contributed by atoms with Crippen LogP contribution in [0.15, 0.2) is 18.2 Å². The number of ketones is 1. The summed E-state index contributed by atoms with van der Waals surface area (Å²) in [4.78, 5) is 27.7. The topological polar surface area (TPSA) is 55.8 Å². The highest BCUT2D eigenvalue weighted by molar-refractivity contribution is 6.49. The van der Waals surface area contributed by atoms with Crippen molar-refractivity contribution in [3.05, 3.63) is 29.3 Å². The summed E-state index contributed by atoms with van der Waals surface area (Å²) in [5, 5.41) is 0. The predicted molar refractivity (Wildman–Crippen MR) is 120 cm³/mol. The smallest absolute Gasteiger partial charge is 0.410 e. The normalized spacial score (nSPS) is 18.0. The van der Waals surface area contributed by atoms with Gasteiger partial charge in [0, 0.05) is 30.1 Å². The monoisotopic (exact) mass is 419 g/mol. The van der Waals surface area contributed by atoms with E-state index in [1.165, 1.54) is 0 Å². The fraction of sp³-hybridized carbons (Fsp3) is 0.652. The van der Waals surface area contributed by atoms with E-state index in [9.17, 15) is 9.59 Å². The van der Waals surface area contributed by atoms with Crippen molar-refractivity contribution in [3.8, 4) is 5.75 Å². The van der Waals surface area contributed by atoms with Gasteiger partial charge in [-0.2, -0.15) is 0 Å². The second-order valence-electron chi connectivity index (χ2n) is 10.2. The van der Waals surface area contributed by atoms with Gasteiger partial charge in [0.1, 0.15) is 11.4 Å². The highest BCUT2D eigenvalue weighted by Gasteiger charge is 2.34. The van der Waals surface area contributed by atoms with Gasteiger partial charge in [-0.1, -0.05) is 32.9 Å². The molecule has 0 spiro atoms. The molecular formula is C23H37NO4Si. The number of piperidine rings is 1. The van der Waals surface area contributed by atoms with E-state index in [2.05, 4.69) is 33.9 Å². The minimum atomic E-state index is -1.31. The zero-order valence-electron chi connectivity index (χ0n) is 19.3. The van der Waals surface area contributed by atoms with Crippen molar-refractivity contribution in [2.24, 2.45) is 5.92 Å². The van der Waals surface area contributed by atoms with Crippen molar-refractivity contribution in [2.45, 2.75) is 78.5 Å². The van der Waals surface area contributed by atoms with Gasteiger partial charge in [-0.05, 0) is 58.2 Å². The van der Waals surface area contributed by atoms with Crippen molar-refractivity contribution in [1.29, 1.82) is 0 Å². The molecule has 2 rings (SSSR count). The van der Waals surface area contributed by atoms with Crippen molar-refractivity contribution < 1.29 is 18.8 Å². The SMILES string of the molecule is C[SiH](C)Oc1cccc(C(=O)[C@@H]2CCCN(C(=O)OC(C)(C)C)C2)c1C(C)(C)C. The molecule has 0 bridgehead atoms. The Labute approximate surface area is 177 Å². The molecule has 1 aromatic carbocycles. The quantitative estimate of drug-likeness (QED) is 0.499. The van der Waals surface area contributed by atoms with E-state index in [4.69, 9.17) is 9.16 Å². The molecule has 29 heavy (non-hydrogen) atoms. The van der Waals surface area contributed by atoms with Crippen LogP contribution < -0.4 is 4.43 Å². The van der Waals surface area contributed by atoms with Crippen molar-refractivity contribution >= 4 is 20.9 Å².